The standard InChI is InChI=1S/C12H27NO2/c1-6-13-11(2,3)8-10-15-12(4,5)7-9-14/h13-14H,6-10H2,1-5H3. The predicted octanol–water partition coefficient (Wildman–Crippen LogP) is 1.94. The first kappa shape index (κ1) is 14.9. The number of rotatable bonds is 8. The fourth-order valence-electron chi connectivity index (χ4n) is 1.49. The number of ether oxygens (including phenoxy) is 1. The van der Waals surface area contributed by atoms with Crippen LogP contribution < -0.4 is 5.32 Å². The van der Waals surface area contributed by atoms with Crippen LogP contribution in [-0.2, 0) is 4.74 Å². The summed E-state index contributed by atoms with van der Waals surface area (Å²) in [4.78, 5) is 0. The van der Waals surface area contributed by atoms with Crippen LogP contribution in [0.25, 0.3) is 0 Å². The molecule has 0 unspecified atom stereocenters. The molecule has 0 atom stereocenters. The lowest BCUT2D eigenvalue weighted by molar-refractivity contribution is -0.0391. The molecule has 3 heteroatoms. The van der Waals surface area contributed by atoms with Crippen molar-refractivity contribution in [2.24, 2.45) is 0 Å². The van der Waals surface area contributed by atoms with Gasteiger partial charge in [-0.3, -0.25) is 0 Å². The van der Waals surface area contributed by atoms with Crippen molar-refractivity contribution < 1.29 is 9.84 Å². The zero-order valence-corrected chi connectivity index (χ0v) is 10.9. The Morgan fingerprint density at radius 3 is 2.20 bits per heavy atom. The van der Waals surface area contributed by atoms with Crippen LogP contribution >= 0.6 is 0 Å². The Hall–Kier alpha value is -0.120. The van der Waals surface area contributed by atoms with E-state index in [0.717, 1.165) is 19.6 Å². The van der Waals surface area contributed by atoms with Crippen molar-refractivity contribution in [3.05, 3.63) is 0 Å². The fraction of sp³-hybridized carbons (Fsp3) is 1.00. The molecule has 3 nitrogen and oxygen atoms in total. The monoisotopic (exact) mass is 217 g/mol. The van der Waals surface area contributed by atoms with Gasteiger partial charge in [0, 0.05) is 18.8 Å². The van der Waals surface area contributed by atoms with E-state index in [9.17, 15) is 0 Å². The van der Waals surface area contributed by atoms with Crippen LogP contribution in [0.3, 0.4) is 0 Å². The maximum atomic E-state index is 8.85. The summed E-state index contributed by atoms with van der Waals surface area (Å²) in [5.41, 5.74) is -0.0823. The van der Waals surface area contributed by atoms with E-state index < -0.39 is 0 Å². The van der Waals surface area contributed by atoms with Gasteiger partial charge in [-0.05, 0) is 47.1 Å². The highest BCUT2D eigenvalue weighted by atomic mass is 16.5. The van der Waals surface area contributed by atoms with Crippen LogP contribution in [0.5, 0.6) is 0 Å². The molecule has 0 bridgehead atoms. The second-order valence-corrected chi connectivity index (χ2v) is 5.25. The summed E-state index contributed by atoms with van der Waals surface area (Å²) in [5, 5.41) is 12.3. The van der Waals surface area contributed by atoms with Crippen LogP contribution in [0, 0.1) is 0 Å². The van der Waals surface area contributed by atoms with E-state index >= 15 is 0 Å². The van der Waals surface area contributed by atoms with Gasteiger partial charge in [0.15, 0.2) is 0 Å². The van der Waals surface area contributed by atoms with Gasteiger partial charge in [0.25, 0.3) is 0 Å². The number of hydrogen-bond acceptors (Lipinski definition) is 3. The minimum atomic E-state index is -0.211. The maximum absolute atomic E-state index is 8.85. The highest BCUT2D eigenvalue weighted by molar-refractivity contribution is 4.77. The molecule has 2 N–H and O–H groups in total. The molecule has 0 radical (unpaired) electrons. The van der Waals surface area contributed by atoms with Crippen molar-refractivity contribution in [1.82, 2.24) is 5.32 Å². The maximum Gasteiger partial charge on any atom is 0.0648 e. The summed E-state index contributed by atoms with van der Waals surface area (Å²) in [7, 11) is 0. The molecule has 0 aromatic rings. The third-order valence-corrected chi connectivity index (χ3v) is 2.59. The van der Waals surface area contributed by atoms with Gasteiger partial charge in [-0.2, -0.15) is 0 Å². The Morgan fingerprint density at radius 1 is 1.13 bits per heavy atom. The quantitative estimate of drug-likeness (QED) is 0.653. The van der Waals surface area contributed by atoms with Crippen molar-refractivity contribution in [3.63, 3.8) is 0 Å². The van der Waals surface area contributed by atoms with Crippen molar-refractivity contribution in [3.8, 4) is 0 Å². The molecule has 0 saturated heterocycles. The molecular formula is C12H27NO2. The second kappa shape index (κ2) is 6.46. The van der Waals surface area contributed by atoms with Crippen LogP contribution in [0.15, 0.2) is 0 Å². The summed E-state index contributed by atoms with van der Waals surface area (Å²) in [6.07, 6.45) is 1.67. The molecule has 0 amide bonds. The van der Waals surface area contributed by atoms with E-state index in [2.05, 4.69) is 26.1 Å². The Labute approximate surface area is 94.2 Å². The first-order valence-electron chi connectivity index (χ1n) is 5.83. The van der Waals surface area contributed by atoms with Gasteiger partial charge < -0.3 is 15.2 Å². The molecule has 0 aliphatic rings. The molecule has 0 aliphatic carbocycles. The lowest BCUT2D eigenvalue weighted by Gasteiger charge is -2.29. The Morgan fingerprint density at radius 2 is 1.73 bits per heavy atom. The second-order valence-electron chi connectivity index (χ2n) is 5.25. The lowest BCUT2D eigenvalue weighted by Crippen LogP contribution is -2.41. The summed E-state index contributed by atoms with van der Waals surface area (Å²) in [6, 6.07) is 0. The van der Waals surface area contributed by atoms with Gasteiger partial charge in [0.05, 0.1) is 5.60 Å². The van der Waals surface area contributed by atoms with Crippen molar-refractivity contribution >= 4 is 0 Å². The molecule has 0 aromatic heterocycles. The predicted molar refractivity (Wildman–Crippen MR) is 64.1 cm³/mol. The molecule has 0 spiro atoms. The molecule has 0 fully saturated rings. The zero-order valence-electron chi connectivity index (χ0n) is 10.9. The van der Waals surface area contributed by atoms with Gasteiger partial charge in [0.2, 0.25) is 0 Å². The molecule has 0 heterocycles. The van der Waals surface area contributed by atoms with Crippen LogP contribution in [0.1, 0.15) is 47.5 Å². The van der Waals surface area contributed by atoms with Crippen LogP contribution in [-0.4, -0.2) is 36.0 Å². The molecule has 0 aliphatic heterocycles. The van der Waals surface area contributed by atoms with E-state index in [-0.39, 0.29) is 17.7 Å². The highest BCUT2D eigenvalue weighted by Gasteiger charge is 2.20. The lowest BCUT2D eigenvalue weighted by atomic mass is 10.0. The van der Waals surface area contributed by atoms with Crippen molar-refractivity contribution in [1.29, 1.82) is 0 Å². The number of aliphatic hydroxyl groups is 1. The summed E-state index contributed by atoms with van der Waals surface area (Å²) < 4.78 is 5.75. The molecule has 15 heavy (non-hydrogen) atoms. The summed E-state index contributed by atoms with van der Waals surface area (Å²) in [5.74, 6) is 0. The largest absolute Gasteiger partial charge is 0.396 e. The summed E-state index contributed by atoms with van der Waals surface area (Å²) >= 11 is 0. The number of hydrogen-bond donors (Lipinski definition) is 2. The Kier molecular flexibility index (Phi) is 6.41. The number of nitrogens with one attached hydrogen (secondary N) is 1. The minimum Gasteiger partial charge on any atom is -0.396 e. The first-order valence-corrected chi connectivity index (χ1v) is 5.83. The molecular weight excluding hydrogens is 190 g/mol. The first-order chi connectivity index (χ1) is 6.83. The topological polar surface area (TPSA) is 41.5 Å². The molecule has 0 aromatic carbocycles. The van der Waals surface area contributed by atoms with Crippen LogP contribution in [0.4, 0.5) is 0 Å². The van der Waals surface area contributed by atoms with Gasteiger partial charge in [-0.25, -0.2) is 0 Å². The average molecular weight is 217 g/mol. The van der Waals surface area contributed by atoms with E-state index in [0.29, 0.717) is 6.42 Å². The Balaban J connectivity index is 3.77. The van der Waals surface area contributed by atoms with E-state index in [1.54, 1.807) is 0 Å². The van der Waals surface area contributed by atoms with E-state index in [4.69, 9.17) is 9.84 Å². The SMILES string of the molecule is CCNC(C)(C)CCOC(C)(C)CCO. The number of aliphatic hydroxyl groups excluding tert-OH is 1. The highest BCUT2D eigenvalue weighted by Crippen LogP contribution is 2.16. The minimum absolute atomic E-state index is 0.129. The van der Waals surface area contributed by atoms with Gasteiger partial charge in [-0.1, -0.05) is 6.92 Å². The van der Waals surface area contributed by atoms with Crippen molar-refractivity contribution in [2.75, 3.05) is 19.8 Å². The van der Waals surface area contributed by atoms with Gasteiger partial charge in [-0.15, -0.1) is 0 Å². The van der Waals surface area contributed by atoms with Gasteiger partial charge in [0.1, 0.15) is 0 Å². The van der Waals surface area contributed by atoms with Crippen molar-refractivity contribution in [2.45, 2.75) is 58.6 Å². The zero-order chi connectivity index (χ0) is 11.9. The molecule has 0 rings (SSSR count). The molecule has 92 valence electrons. The fourth-order valence-corrected chi connectivity index (χ4v) is 1.49. The smallest absolute Gasteiger partial charge is 0.0648 e. The summed E-state index contributed by atoms with van der Waals surface area (Å²) in [6.45, 7) is 12.4. The van der Waals surface area contributed by atoms with E-state index in [1.807, 2.05) is 13.8 Å². The third kappa shape index (κ3) is 7.77. The normalized spacial score (nSPS) is 13.2. The third-order valence-electron chi connectivity index (χ3n) is 2.59. The molecule has 0 saturated carbocycles. The van der Waals surface area contributed by atoms with Crippen LogP contribution in [0.2, 0.25) is 0 Å². The van der Waals surface area contributed by atoms with E-state index in [1.165, 1.54) is 0 Å². The average Bonchev–Trinajstić information content (AvgIpc) is 2.02. The van der Waals surface area contributed by atoms with Gasteiger partial charge >= 0.3 is 0 Å². The Bertz CT molecular complexity index is 149.